The molecule has 2 N–H and O–H groups in total. The summed E-state index contributed by atoms with van der Waals surface area (Å²) >= 11 is 0. The molecule has 4 rings (SSSR count). The molecule has 166 valence electrons. The Morgan fingerprint density at radius 3 is 2.40 bits per heavy atom. The molecule has 0 aromatic heterocycles. The molecular formula is C23H32O7. The summed E-state index contributed by atoms with van der Waals surface area (Å²) in [7, 11) is 0. The van der Waals surface area contributed by atoms with Gasteiger partial charge in [0.15, 0.2) is 5.60 Å². The molecule has 30 heavy (non-hydrogen) atoms. The van der Waals surface area contributed by atoms with Gasteiger partial charge in [0, 0.05) is 30.3 Å². The number of rotatable bonds is 1. The van der Waals surface area contributed by atoms with E-state index in [1.54, 1.807) is 6.92 Å². The van der Waals surface area contributed by atoms with E-state index in [1.165, 1.54) is 6.92 Å². The van der Waals surface area contributed by atoms with Crippen molar-refractivity contribution in [2.24, 2.45) is 22.7 Å². The average molecular weight is 421 g/mol. The van der Waals surface area contributed by atoms with Crippen LogP contribution in [0, 0.1) is 22.7 Å². The van der Waals surface area contributed by atoms with Crippen molar-refractivity contribution in [1.29, 1.82) is 0 Å². The minimum absolute atomic E-state index is 0.0776. The highest BCUT2D eigenvalue weighted by Crippen LogP contribution is 2.64. The average Bonchev–Trinajstić information content (AvgIpc) is 2.64. The molecule has 2 saturated carbocycles. The van der Waals surface area contributed by atoms with Gasteiger partial charge in [-0.2, -0.15) is 0 Å². The highest BCUT2D eigenvalue weighted by atomic mass is 16.6. The van der Waals surface area contributed by atoms with Crippen molar-refractivity contribution in [3.8, 4) is 0 Å². The van der Waals surface area contributed by atoms with Gasteiger partial charge in [0.05, 0.1) is 23.7 Å². The Hall–Kier alpha value is -1.57. The summed E-state index contributed by atoms with van der Waals surface area (Å²) in [4.78, 5) is 39.4. The molecule has 7 nitrogen and oxygen atoms in total. The van der Waals surface area contributed by atoms with E-state index >= 15 is 0 Å². The summed E-state index contributed by atoms with van der Waals surface area (Å²) in [6, 6.07) is 0. The van der Waals surface area contributed by atoms with Gasteiger partial charge in [0.1, 0.15) is 6.10 Å². The molecular weight excluding hydrogens is 388 g/mol. The molecule has 1 heterocycles. The van der Waals surface area contributed by atoms with Gasteiger partial charge in [-0.15, -0.1) is 0 Å². The molecule has 0 aromatic carbocycles. The van der Waals surface area contributed by atoms with E-state index in [1.807, 2.05) is 27.7 Å². The van der Waals surface area contributed by atoms with Crippen LogP contribution in [0.1, 0.15) is 60.8 Å². The van der Waals surface area contributed by atoms with Gasteiger partial charge in [0.25, 0.3) is 0 Å². The maximum Gasteiger partial charge on any atom is 0.303 e. The van der Waals surface area contributed by atoms with E-state index in [4.69, 9.17) is 9.47 Å². The summed E-state index contributed by atoms with van der Waals surface area (Å²) in [6.45, 7) is 10.3. The molecule has 0 spiro atoms. The van der Waals surface area contributed by atoms with E-state index in [9.17, 15) is 24.6 Å². The van der Waals surface area contributed by atoms with E-state index in [0.29, 0.717) is 18.4 Å². The molecule has 3 fully saturated rings. The van der Waals surface area contributed by atoms with Crippen molar-refractivity contribution in [2.45, 2.75) is 84.2 Å². The van der Waals surface area contributed by atoms with Crippen LogP contribution in [-0.4, -0.2) is 57.8 Å². The second-order valence-electron chi connectivity index (χ2n) is 10.5. The summed E-state index contributed by atoms with van der Waals surface area (Å²) in [5.74, 6) is -3.14. The van der Waals surface area contributed by atoms with Gasteiger partial charge in [-0.1, -0.05) is 26.3 Å². The lowest BCUT2D eigenvalue weighted by Crippen LogP contribution is -2.79. The summed E-state index contributed by atoms with van der Waals surface area (Å²) < 4.78 is 11.5. The number of hydrogen-bond acceptors (Lipinski definition) is 7. The Bertz CT molecular complexity index is 873. The minimum atomic E-state index is -1.50. The Morgan fingerprint density at radius 2 is 1.87 bits per heavy atom. The van der Waals surface area contributed by atoms with Crippen LogP contribution in [0.15, 0.2) is 11.1 Å². The van der Waals surface area contributed by atoms with Crippen LogP contribution in [-0.2, 0) is 23.9 Å². The Balaban J connectivity index is 2.01. The number of ether oxygens (including phenoxy) is 2. The Morgan fingerprint density at radius 1 is 1.23 bits per heavy atom. The van der Waals surface area contributed by atoms with Crippen LogP contribution in [0.25, 0.3) is 0 Å². The maximum atomic E-state index is 13.7. The van der Waals surface area contributed by atoms with Gasteiger partial charge in [0.2, 0.25) is 11.6 Å². The number of aliphatic hydroxyl groups excluding tert-OH is 1. The highest BCUT2D eigenvalue weighted by molar-refractivity contribution is 6.46. The fourth-order valence-electron chi connectivity index (χ4n) is 7.22. The molecule has 0 aromatic rings. The zero-order valence-corrected chi connectivity index (χ0v) is 18.6. The molecule has 1 unspecified atom stereocenters. The predicted octanol–water partition coefficient (Wildman–Crippen LogP) is 1.73. The highest BCUT2D eigenvalue weighted by Gasteiger charge is 2.75. The van der Waals surface area contributed by atoms with Gasteiger partial charge in [-0.05, 0) is 32.6 Å². The molecule has 1 saturated heterocycles. The monoisotopic (exact) mass is 420 g/mol. The first-order valence-corrected chi connectivity index (χ1v) is 10.8. The van der Waals surface area contributed by atoms with Crippen LogP contribution in [0.2, 0.25) is 0 Å². The fraction of sp³-hybridized carbons (Fsp3) is 0.783. The van der Waals surface area contributed by atoms with Crippen LogP contribution in [0.5, 0.6) is 0 Å². The number of allylic oxidation sites excluding steroid dienone is 1. The van der Waals surface area contributed by atoms with Crippen LogP contribution in [0.3, 0.4) is 0 Å². The minimum Gasteiger partial charge on any atom is -0.454 e. The molecule has 4 aliphatic rings. The normalized spacial score (nSPS) is 47.5. The summed E-state index contributed by atoms with van der Waals surface area (Å²) in [5.41, 5.74) is -3.79. The first-order valence-electron chi connectivity index (χ1n) is 10.8. The molecule has 7 heteroatoms. The number of hydrogen-bond donors (Lipinski definition) is 2. The van der Waals surface area contributed by atoms with Crippen LogP contribution < -0.4 is 0 Å². The molecule has 1 aliphatic heterocycles. The number of Topliss-reactive ketones (excluding diaryl/α,β-unsaturated/α-hetero) is 2. The van der Waals surface area contributed by atoms with Crippen molar-refractivity contribution in [3.63, 3.8) is 0 Å². The second kappa shape index (κ2) is 6.24. The molecule has 2 bridgehead atoms. The standard InChI is InChI=1S/C23H32O7/c1-11-7-8-23(28)12(2)18-21(6,19(27)17(26)16(11)20(23,4)5)14(25)9-15-22(18,10-29-15)30-13(3)24/h12,14-15,18,25,28H,7-10H2,1-6H3/t12-,14-,15+,18?,21+,22-,23+/m0/s1. The van der Waals surface area contributed by atoms with Gasteiger partial charge >= 0.3 is 5.97 Å². The van der Waals surface area contributed by atoms with E-state index < -0.39 is 63.6 Å². The molecule has 3 aliphatic carbocycles. The fourth-order valence-corrected chi connectivity index (χ4v) is 7.22. The third-order valence-electron chi connectivity index (χ3n) is 8.88. The third kappa shape index (κ3) is 2.29. The van der Waals surface area contributed by atoms with Crippen molar-refractivity contribution >= 4 is 17.5 Å². The molecule has 0 radical (unpaired) electrons. The zero-order valence-electron chi connectivity index (χ0n) is 18.6. The number of fused-ring (bicyclic) bond motifs is 5. The quantitative estimate of drug-likeness (QED) is 0.491. The van der Waals surface area contributed by atoms with Crippen LogP contribution >= 0.6 is 0 Å². The molecule has 7 atom stereocenters. The number of ketones is 2. The number of esters is 1. The van der Waals surface area contributed by atoms with Gasteiger partial charge in [-0.25, -0.2) is 0 Å². The largest absolute Gasteiger partial charge is 0.454 e. The lowest BCUT2D eigenvalue weighted by atomic mass is 9.43. The van der Waals surface area contributed by atoms with Crippen LogP contribution in [0.4, 0.5) is 0 Å². The predicted molar refractivity (Wildman–Crippen MR) is 106 cm³/mol. The van der Waals surface area contributed by atoms with Crippen molar-refractivity contribution < 1.29 is 34.1 Å². The number of carbonyl (C=O) groups is 3. The SMILES string of the molecule is CC(=O)O[C@@]12CO[C@@H]1C[C@H](O)[C@@]1(C)C(=O)C(=O)C3=C(C)CC[C@@](O)([C@@H](C)C12)C3(C)C. The smallest absolute Gasteiger partial charge is 0.303 e. The number of aliphatic hydroxyl groups is 2. The maximum absolute atomic E-state index is 13.7. The summed E-state index contributed by atoms with van der Waals surface area (Å²) in [6.07, 6.45) is -0.715. The second-order valence-corrected chi connectivity index (χ2v) is 10.5. The summed E-state index contributed by atoms with van der Waals surface area (Å²) in [5, 5.41) is 23.2. The Labute approximate surface area is 176 Å². The van der Waals surface area contributed by atoms with E-state index in [2.05, 4.69) is 0 Å². The van der Waals surface area contributed by atoms with E-state index in [-0.39, 0.29) is 13.0 Å². The number of carbonyl (C=O) groups excluding carboxylic acids is 3. The van der Waals surface area contributed by atoms with Gasteiger partial charge < -0.3 is 19.7 Å². The third-order valence-corrected chi connectivity index (χ3v) is 8.88. The lowest BCUT2D eigenvalue weighted by molar-refractivity contribution is -0.335. The Kier molecular flexibility index (Phi) is 4.50. The molecule has 0 amide bonds. The zero-order chi connectivity index (χ0) is 22.4. The van der Waals surface area contributed by atoms with Crippen molar-refractivity contribution in [3.05, 3.63) is 11.1 Å². The lowest BCUT2D eigenvalue weighted by Gasteiger charge is -2.67. The van der Waals surface area contributed by atoms with Gasteiger partial charge in [-0.3, -0.25) is 14.4 Å². The topological polar surface area (TPSA) is 110 Å². The van der Waals surface area contributed by atoms with Crippen molar-refractivity contribution in [2.75, 3.05) is 6.61 Å². The first-order chi connectivity index (χ1) is 13.7. The van der Waals surface area contributed by atoms with E-state index in [0.717, 1.165) is 5.57 Å². The first kappa shape index (κ1) is 21.7. The van der Waals surface area contributed by atoms with Crippen molar-refractivity contribution in [1.82, 2.24) is 0 Å².